The smallest absolute Gasteiger partial charge is 0.355 e. The van der Waals surface area contributed by atoms with Crippen LogP contribution < -0.4 is 4.90 Å². The number of ether oxygens (including phenoxy) is 2. The summed E-state index contributed by atoms with van der Waals surface area (Å²) in [5.41, 5.74) is 0.281. The Labute approximate surface area is 141 Å². The lowest BCUT2D eigenvalue weighted by atomic mass is 10.1. The van der Waals surface area contributed by atoms with Gasteiger partial charge in [0, 0.05) is 10.7 Å². The topological polar surface area (TPSA) is 76.1 Å². The zero-order valence-corrected chi connectivity index (χ0v) is 14.0. The standard InChI is InChI=1S/C16H14BrNO5/c1-22-15(20)11-5-3-4-8-18(14(11)16(21)23-2)12-7-6-10(17)9-13(12)19/h3-9,19H,1-2H3. The zero-order valence-electron chi connectivity index (χ0n) is 12.4. The van der Waals surface area contributed by atoms with Crippen molar-refractivity contribution >= 4 is 33.6 Å². The summed E-state index contributed by atoms with van der Waals surface area (Å²) >= 11 is 3.25. The number of esters is 2. The van der Waals surface area contributed by atoms with E-state index in [1.54, 1.807) is 30.5 Å². The average Bonchev–Trinajstić information content (AvgIpc) is 2.76. The number of carbonyl (C=O) groups is 2. The van der Waals surface area contributed by atoms with E-state index < -0.39 is 11.9 Å². The molecule has 0 saturated carbocycles. The van der Waals surface area contributed by atoms with Gasteiger partial charge in [-0.3, -0.25) is 0 Å². The normalized spacial score (nSPS) is 13.8. The quantitative estimate of drug-likeness (QED) is 0.813. The number of phenols is 1. The molecule has 1 N–H and O–H groups in total. The van der Waals surface area contributed by atoms with Gasteiger partial charge >= 0.3 is 11.9 Å². The molecular weight excluding hydrogens is 366 g/mol. The molecule has 1 aromatic rings. The molecule has 6 nitrogen and oxygen atoms in total. The average molecular weight is 380 g/mol. The number of carbonyl (C=O) groups excluding carboxylic acids is 2. The molecule has 0 radical (unpaired) electrons. The molecule has 0 atom stereocenters. The molecule has 0 saturated heterocycles. The van der Waals surface area contributed by atoms with Gasteiger partial charge in [-0.2, -0.15) is 0 Å². The van der Waals surface area contributed by atoms with Crippen LogP contribution in [0.15, 0.2) is 58.4 Å². The van der Waals surface area contributed by atoms with Crippen LogP contribution in [0.1, 0.15) is 0 Å². The third kappa shape index (κ3) is 3.45. The van der Waals surface area contributed by atoms with Gasteiger partial charge in [0.2, 0.25) is 0 Å². The summed E-state index contributed by atoms with van der Waals surface area (Å²) in [5, 5.41) is 10.2. The van der Waals surface area contributed by atoms with Gasteiger partial charge in [0.1, 0.15) is 11.4 Å². The van der Waals surface area contributed by atoms with Crippen molar-refractivity contribution in [3.05, 3.63) is 58.4 Å². The second-order valence-electron chi connectivity index (χ2n) is 4.45. The molecule has 0 spiro atoms. The molecule has 23 heavy (non-hydrogen) atoms. The maximum atomic E-state index is 12.2. The first-order valence-corrected chi connectivity index (χ1v) is 7.32. The Morgan fingerprint density at radius 3 is 2.43 bits per heavy atom. The van der Waals surface area contributed by atoms with E-state index in [9.17, 15) is 14.7 Å². The molecule has 1 aliphatic heterocycles. The first-order valence-electron chi connectivity index (χ1n) is 6.53. The van der Waals surface area contributed by atoms with E-state index in [1.807, 2.05) is 0 Å². The molecule has 0 unspecified atom stereocenters. The van der Waals surface area contributed by atoms with Crippen molar-refractivity contribution in [2.45, 2.75) is 0 Å². The van der Waals surface area contributed by atoms with Crippen LogP contribution in [0.2, 0.25) is 0 Å². The van der Waals surface area contributed by atoms with Crippen LogP contribution in [0.5, 0.6) is 5.75 Å². The monoisotopic (exact) mass is 379 g/mol. The third-order valence-electron chi connectivity index (χ3n) is 3.09. The van der Waals surface area contributed by atoms with Crippen molar-refractivity contribution in [3.63, 3.8) is 0 Å². The number of hydrogen-bond donors (Lipinski definition) is 1. The van der Waals surface area contributed by atoms with Crippen LogP contribution in [0.3, 0.4) is 0 Å². The van der Waals surface area contributed by atoms with Gasteiger partial charge in [-0.25, -0.2) is 9.59 Å². The maximum absolute atomic E-state index is 12.2. The summed E-state index contributed by atoms with van der Waals surface area (Å²) in [4.78, 5) is 25.6. The van der Waals surface area contributed by atoms with Gasteiger partial charge in [0.25, 0.3) is 0 Å². The van der Waals surface area contributed by atoms with E-state index in [2.05, 4.69) is 15.9 Å². The highest BCUT2D eigenvalue weighted by atomic mass is 79.9. The Kier molecular flexibility index (Phi) is 5.23. The predicted molar refractivity (Wildman–Crippen MR) is 87.6 cm³/mol. The molecule has 120 valence electrons. The van der Waals surface area contributed by atoms with E-state index in [1.165, 1.54) is 31.3 Å². The predicted octanol–water partition coefficient (Wildman–Crippen LogP) is 2.64. The minimum atomic E-state index is -0.732. The minimum absolute atomic E-state index is 0.0201. The maximum Gasteiger partial charge on any atom is 0.355 e. The number of benzene rings is 1. The molecule has 0 aliphatic carbocycles. The summed E-state index contributed by atoms with van der Waals surface area (Å²) in [7, 11) is 2.43. The van der Waals surface area contributed by atoms with Gasteiger partial charge in [-0.1, -0.05) is 22.0 Å². The van der Waals surface area contributed by atoms with E-state index in [0.717, 1.165) is 0 Å². The first-order chi connectivity index (χ1) is 11.0. The molecule has 0 fully saturated rings. The zero-order chi connectivity index (χ0) is 17.0. The van der Waals surface area contributed by atoms with E-state index in [0.29, 0.717) is 10.2 Å². The van der Waals surface area contributed by atoms with Crippen LogP contribution in [-0.2, 0) is 19.1 Å². The Bertz CT molecular complexity index is 736. The number of phenolic OH excluding ortho intramolecular Hbond substituents is 1. The molecule has 0 amide bonds. The molecule has 1 heterocycles. The van der Waals surface area contributed by atoms with Crippen molar-refractivity contribution in [1.29, 1.82) is 0 Å². The highest BCUT2D eigenvalue weighted by Crippen LogP contribution is 2.34. The summed E-state index contributed by atoms with van der Waals surface area (Å²) in [5.74, 6) is -1.49. The van der Waals surface area contributed by atoms with Crippen LogP contribution in [0.4, 0.5) is 5.69 Å². The molecule has 0 aromatic heterocycles. The number of methoxy groups -OCH3 is 2. The number of hydrogen-bond acceptors (Lipinski definition) is 6. The number of nitrogens with zero attached hydrogens (tertiary/aromatic N) is 1. The molecule has 2 rings (SSSR count). The van der Waals surface area contributed by atoms with Gasteiger partial charge in [-0.15, -0.1) is 0 Å². The minimum Gasteiger partial charge on any atom is -0.506 e. The number of allylic oxidation sites excluding steroid dienone is 2. The largest absolute Gasteiger partial charge is 0.506 e. The van der Waals surface area contributed by atoms with E-state index in [-0.39, 0.29) is 17.0 Å². The van der Waals surface area contributed by atoms with Crippen molar-refractivity contribution in [1.82, 2.24) is 0 Å². The van der Waals surface area contributed by atoms with Crippen molar-refractivity contribution in [2.75, 3.05) is 19.1 Å². The lowest BCUT2D eigenvalue weighted by Crippen LogP contribution is -2.27. The van der Waals surface area contributed by atoms with Crippen molar-refractivity contribution in [3.8, 4) is 5.75 Å². The van der Waals surface area contributed by atoms with Crippen LogP contribution in [-0.4, -0.2) is 31.3 Å². The number of anilines is 1. The number of halogens is 1. The van der Waals surface area contributed by atoms with Gasteiger partial charge in [0.05, 0.1) is 25.5 Å². The summed E-state index contributed by atoms with van der Waals surface area (Å²) < 4.78 is 10.2. The highest BCUT2D eigenvalue weighted by Gasteiger charge is 2.28. The van der Waals surface area contributed by atoms with Crippen molar-refractivity contribution < 1.29 is 24.2 Å². The number of rotatable bonds is 3. The Morgan fingerprint density at radius 2 is 1.83 bits per heavy atom. The molecule has 7 heteroatoms. The molecule has 1 aliphatic rings. The lowest BCUT2D eigenvalue weighted by Gasteiger charge is -2.23. The van der Waals surface area contributed by atoms with Crippen LogP contribution >= 0.6 is 15.9 Å². The van der Waals surface area contributed by atoms with Gasteiger partial charge < -0.3 is 19.5 Å². The van der Waals surface area contributed by atoms with Crippen LogP contribution in [0, 0.1) is 0 Å². The summed E-state index contributed by atoms with van der Waals surface area (Å²) in [6.07, 6.45) is 6.21. The fraction of sp³-hybridized carbons (Fsp3) is 0.125. The fourth-order valence-electron chi connectivity index (χ4n) is 2.05. The van der Waals surface area contributed by atoms with Gasteiger partial charge in [0.15, 0.2) is 0 Å². The molecule has 1 aromatic carbocycles. The second kappa shape index (κ2) is 7.15. The Balaban J connectivity index is 2.68. The Morgan fingerprint density at radius 1 is 1.13 bits per heavy atom. The van der Waals surface area contributed by atoms with Crippen molar-refractivity contribution in [2.24, 2.45) is 0 Å². The SMILES string of the molecule is COC(=O)C1=C(C(=O)OC)N(c2ccc(Br)cc2O)C=CC=C1. The lowest BCUT2D eigenvalue weighted by molar-refractivity contribution is -0.139. The van der Waals surface area contributed by atoms with E-state index >= 15 is 0 Å². The third-order valence-corrected chi connectivity index (χ3v) is 3.58. The summed E-state index contributed by atoms with van der Waals surface area (Å²) in [6, 6.07) is 4.79. The number of aromatic hydroxyl groups is 1. The summed E-state index contributed by atoms with van der Waals surface area (Å²) in [6.45, 7) is 0. The highest BCUT2D eigenvalue weighted by molar-refractivity contribution is 9.10. The Hall–Kier alpha value is -2.54. The van der Waals surface area contributed by atoms with Gasteiger partial charge in [-0.05, 0) is 30.4 Å². The second-order valence-corrected chi connectivity index (χ2v) is 5.36. The molecular formula is C16H14BrNO5. The molecule has 0 bridgehead atoms. The fourth-order valence-corrected chi connectivity index (χ4v) is 2.40. The van der Waals surface area contributed by atoms with Crippen LogP contribution in [0.25, 0.3) is 0 Å². The van der Waals surface area contributed by atoms with E-state index in [4.69, 9.17) is 9.47 Å². The first kappa shape index (κ1) is 16.8.